The highest BCUT2D eigenvalue weighted by Gasteiger charge is 2.08. The van der Waals surface area contributed by atoms with Crippen LogP contribution in [0.5, 0.6) is 5.75 Å². The van der Waals surface area contributed by atoms with Gasteiger partial charge in [-0.3, -0.25) is 10.1 Å². The van der Waals surface area contributed by atoms with Crippen molar-refractivity contribution in [2.24, 2.45) is 0 Å². The molecule has 0 spiro atoms. The maximum atomic E-state index is 10.4. The lowest BCUT2D eigenvalue weighted by Crippen LogP contribution is -2.05. The largest absolute Gasteiger partial charge is 0.471 e. The molecule has 0 aliphatic rings. The van der Waals surface area contributed by atoms with Crippen molar-refractivity contribution in [2.75, 3.05) is 0 Å². The lowest BCUT2D eigenvalue weighted by Gasteiger charge is -2.05. The van der Waals surface area contributed by atoms with Gasteiger partial charge in [0.15, 0.2) is 6.73 Å². The van der Waals surface area contributed by atoms with Crippen LogP contribution in [0.4, 0.5) is 5.69 Å². The van der Waals surface area contributed by atoms with Crippen LogP contribution in [0.1, 0.15) is 0 Å². The Morgan fingerprint density at radius 3 is 3.00 bits per heavy atom. The Bertz CT molecular complexity index is 541. The van der Waals surface area contributed by atoms with E-state index in [9.17, 15) is 10.1 Å². The summed E-state index contributed by atoms with van der Waals surface area (Å²) in [6, 6.07) is 6.87. The minimum absolute atomic E-state index is 0.0697. The van der Waals surface area contributed by atoms with Crippen LogP contribution in [-0.4, -0.2) is 14.7 Å². The van der Waals surface area contributed by atoms with E-state index >= 15 is 0 Å². The van der Waals surface area contributed by atoms with Crippen molar-refractivity contribution in [1.29, 1.82) is 0 Å². The minimum Gasteiger partial charge on any atom is -0.471 e. The summed E-state index contributed by atoms with van der Waals surface area (Å²) in [7, 11) is 0. The van der Waals surface area contributed by atoms with Gasteiger partial charge in [-0.1, -0.05) is 17.7 Å². The van der Waals surface area contributed by atoms with Crippen LogP contribution in [0.2, 0.25) is 5.02 Å². The molecule has 0 atom stereocenters. The fourth-order valence-electron chi connectivity index (χ4n) is 1.21. The molecule has 1 heterocycles. The van der Waals surface area contributed by atoms with Gasteiger partial charge in [0, 0.05) is 5.02 Å². The zero-order valence-corrected chi connectivity index (χ0v) is 9.37. The molecule has 2 aromatic rings. The number of nitro groups is 1. The van der Waals surface area contributed by atoms with Crippen LogP contribution in [0.25, 0.3) is 0 Å². The average Bonchev–Trinajstić information content (AvgIpc) is 2.75. The van der Waals surface area contributed by atoms with Crippen molar-refractivity contribution in [1.82, 2.24) is 9.78 Å². The minimum atomic E-state index is -0.511. The molecule has 0 saturated heterocycles. The highest BCUT2D eigenvalue weighted by molar-refractivity contribution is 6.30. The summed E-state index contributed by atoms with van der Waals surface area (Å²) < 4.78 is 6.69. The number of ether oxygens (including phenoxy) is 1. The second-order valence-electron chi connectivity index (χ2n) is 3.23. The van der Waals surface area contributed by atoms with Gasteiger partial charge in [-0.05, 0) is 18.2 Å². The van der Waals surface area contributed by atoms with E-state index in [2.05, 4.69) is 5.10 Å². The Morgan fingerprint density at radius 1 is 1.53 bits per heavy atom. The van der Waals surface area contributed by atoms with E-state index in [-0.39, 0.29) is 12.4 Å². The Kier molecular flexibility index (Phi) is 3.24. The van der Waals surface area contributed by atoms with Crippen LogP contribution in [0.3, 0.4) is 0 Å². The van der Waals surface area contributed by atoms with Gasteiger partial charge < -0.3 is 4.74 Å². The molecule has 0 bridgehead atoms. The van der Waals surface area contributed by atoms with Crippen LogP contribution in [0, 0.1) is 10.1 Å². The van der Waals surface area contributed by atoms with E-state index in [0.29, 0.717) is 10.8 Å². The first-order chi connectivity index (χ1) is 8.15. The maximum absolute atomic E-state index is 10.4. The van der Waals surface area contributed by atoms with Crippen molar-refractivity contribution in [2.45, 2.75) is 6.73 Å². The van der Waals surface area contributed by atoms with Gasteiger partial charge in [0.05, 0.1) is 4.92 Å². The van der Waals surface area contributed by atoms with Crippen LogP contribution in [0.15, 0.2) is 36.7 Å². The summed E-state index contributed by atoms with van der Waals surface area (Å²) in [5.41, 5.74) is -0.0697. The summed E-state index contributed by atoms with van der Waals surface area (Å²) >= 11 is 5.78. The molecule has 17 heavy (non-hydrogen) atoms. The summed E-state index contributed by atoms with van der Waals surface area (Å²) in [6.07, 6.45) is 2.46. The van der Waals surface area contributed by atoms with E-state index in [1.165, 1.54) is 17.1 Å². The predicted molar refractivity (Wildman–Crippen MR) is 61.0 cm³/mol. The third-order valence-electron chi connectivity index (χ3n) is 1.99. The zero-order chi connectivity index (χ0) is 12.3. The van der Waals surface area contributed by atoms with Gasteiger partial charge in [-0.25, -0.2) is 4.68 Å². The number of benzene rings is 1. The van der Waals surface area contributed by atoms with Crippen LogP contribution >= 0.6 is 11.6 Å². The Hall–Kier alpha value is -2.08. The van der Waals surface area contributed by atoms with Crippen molar-refractivity contribution in [3.63, 3.8) is 0 Å². The molecule has 0 fully saturated rings. The van der Waals surface area contributed by atoms with E-state index in [0.717, 1.165) is 0 Å². The summed E-state index contributed by atoms with van der Waals surface area (Å²) in [4.78, 5) is 9.92. The predicted octanol–water partition coefficient (Wildman–Crippen LogP) is 2.48. The van der Waals surface area contributed by atoms with E-state index < -0.39 is 4.92 Å². The normalized spacial score (nSPS) is 10.2. The number of halogens is 1. The maximum Gasteiger partial charge on any atom is 0.307 e. The Labute approximate surface area is 102 Å². The van der Waals surface area contributed by atoms with E-state index in [4.69, 9.17) is 16.3 Å². The van der Waals surface area contributed by atoms with Gasteiger partial charge in [-0.2, -0.15) is 5.10 Å². The number of nitrogens with zero attached hydrogens (tertiary/aromatic N) is 3. The Morgan fingerprint density at radius 2 is 2.35 bits per heavy atom. The van der Waals surface area contributed by atoms with Gasteiger partial charge in [0.25, 0.3) is 0 Å². The third kappa shape index (κ3) is 2.94. The summed E-state index contributed by atoms with van der Waals surface area (Å²) in [5, 5.41) is 14.8. The molecule has 1 aromatic heterocycles. The molecule has 2 rings (SSSR count). The first-order valence-corrected chi connectivity index (χ1v) is 5.08. The molecule has 0 N–H and O–H groups in total. The van der Waals surface area contributed by atoms with Crippen molar-refractivity contribution in [3.8, 4) is 5.75 Å². The SMILES string of the molecule is O=[N+]([O-])c1cnn(COc2cccc(Cl)c2)c1. The molecule has 0 aliphatic carbocycles. The topological polar surface area (TPSA) is 70.2 Å². The fourth-order valence-corrected chi connectivity index (χ4v) is 1.40. The molecule has 1 aromatic carbocycles. The van der Waals surface area contributed by atoms with E-state index in [1.54, 1.807) is 24.3 Å². The van der Waals surface area contributed by atoms with Gasteiger partial charge in [0.2, 0.25) is 0 Å². The highest BCUT2D eigenvalue weighted by Crippen LogP contribution is 2.17. The van der Waals surface area contributed by atoms with Crippen LogP contribution < -0.4 is 4.74 Å². The fraction of sp³-hybridized carbons (Fsp3) is 0.100. The molecule has 88 valence electrons. The zero-order valence-electron chi connectivity index (χ0n) is 8.62. The molecular weight excluding hydrogens is 246 g/mol. The number of aromatic nitrogens is 2. The highest BCUT2D eigenvalue weighted by atomic mass is 35.5. The second kappa shape index (κ2) is 4.84. The standard InChI is InChI=1S/C10H8ClN3O3/c11-8-2-1-3-10(4-8)17-7-13-6-9(5-12-13)14(15)16/h1-6H,7H2. The molecule has 0 amide bonds. The second-order valence-corrected chi connectivity index (χ2v) is 3.66. The smallest absolute Gasteiger partial charge is 0.307 e. The third-order valence-corrected chi connectivity index (χ3v) is 2.23. The molecule has 0 saturated carbocycles. The van der Waals surface area contributed by atoms with Crippen molar-refractivity contribution < 1.29 is 9.66 Å². The molecule has 0 unspecified atom stereocenters. The molecule has 6 nitrogen and oxygen atoms in total. The lowest BCUT2D eigenvalue weighted by molar-refractivity contribution is -0.385. The first-order valence-electron chi connectivity index (χ1n) is 4.70. The molecule has 0 radical (unpaired) electrons. The van der Waals surface area contributed by atoms with Gasteiger partial charge in [0.1, 0.15) is 18.1 Å². The molecule has 0 aliphatic heterocycles. The molecular formula is C10H8ClN3O3. The Balaban J connectivity index is 2.00. The summed E-state index contributed by atoms with van der Waals surface area (Å²) in [5.74, 6) is 0.579. The van der Waals surface area contributed by atoms with Gasteiger partial charge >= 0.3 is 5.69 Å². The van der Waals surface area contributed by atoms with E-state index in [1.807, 2.05) is 0 Å². The number of hydrogen-bond donors (Lipinski definition) is 0. The average molecular weight is 254 g/mol. The quantitative estimate of drug-likeness (QED) is 0.620. The summed E-state index contributed by atoms with van der Waals surface area (Å²) in [6.45, 7) is 0.0915. The van der Waals surface area contributed by atoms with Crippen LogP contribution in [-0.2, 0) is 6.73 Å². The monoisotopic (exact) mass is 253 g/mol. The number of rotatable bonds is 4. The molecule has 7 heteroatoms. The van der Waals surface area contributed by atoms with Crippen molar-refractivity contribution >= 4 is 17.3 Å². The van der Waals surface area contributed by atoms with Crippen molar-refractivity contribution in [3.05, 3.63) is 51.8 Å². The first kappa shape index (κ1) is 11.4. The number of hydrogen-bond acceptors (Lipinski definition) is 4. The van der Waals surface area contributed by atoms with Gasteiger partial charge in [-0.15, -0.1) is 0 Å². The lowest BCUT2D eigenvalue weighted by atomic mass is 10.3.